The SMILES string of the molecule is CNC[C@@H]1CC(C(C)C)O[C@H](C)[C@H]1O. The van der Waals surface area contributed by atoms with Crippen molar-refractivity contribution in [3.8, 4) is 0 Å². The van der Waals surface area contributed by atoms with Crippen LogP contribution in [-0.4, -0.2) is 37.0 Å². The maximum atomic E-state index is 9.90. The summed E-state index contributed by atoms with van der Waals surface area (Å²) in [5, 5.41) is 13.0. The van der Waals surface area contributed by atoms with E-state index in [0.717, 1.165) is 13.0 Å². The minimum atomic E-state index is -0.322. The quantitative estimate of drug-likeness (QED) is 0.716. The van der Waals surface area contributed by atoms with Crippen molar-refractivity contribution in [1.82, 2.24) is 5.32 Å². The smallest absolute Gasteiger partial charge is 0.0840 e. The van der Waals surface area contributed by atoms with Crippen molar-refractivity contribution >= 4 is 0 Å². The van der Waals surface area contributed by atoms with E-state index >= 15 is 0 Å². The first-order chi connectivity index (χ1) is 6.56. The van der Waals surface area contributed by atoms with Gasteiger partial charge in [-0.15, -0.1) is 0 Å². The van der Waals surface area contributed by atoms with Gasteiger partial charge in [-0.3, -0.25) is 0 Å². The van der Waals surface area contributed by atoms with E-state index in [9.17, 15) is 5.11 Å². The molecule has 0 aromatic heterocycles. The third-order valence-corrected chi connectivity index (χ3v) is 3.10. The molecule has 0 radical (unpaired) electrons. The molecule has 1 aliphatic heterocycles. The average Bonchev–Trinajstić information content (AvgIpc) is 2.12. The van der Waals surface area contributed by atoms with Crippen LogP contribution in [0.25, 0.3) is 0 Å². The summed E-state index contributed by atoms with van der Waals surface area (Å²) in [6.07, 6.45) is 0.906. The molecule has 0 aromatic rings. The molecule has 1 heterocycles. The van der Waals surface area contributed by atoms with Gasteiger partial charge in [0.1, 0.15) is 0 Å². The Morgan fingerprint density at radius 3 is 2.64 bits per heavy atom. The van der Waals surface area contributed by atoms with Crippen LogP contribution in [0.3, 0.4) is 0 Å². The minimum absolute atomic E-state index is 0.0329. The highest BCUT2D eigenvalue weighted by atomic mass is 16.5. The molecule has 1 fully saturated rings. The summed E-state index contributed by atoms with van der Waals surface area (Å²) in [5.41, 5.74) is 0. The number of aliphatic hydroxyl groups excluding tert-OH is 1. The zero-order chi connectivity index (χ0) is 10.7. The first kappa shape index (κ1) is 12.0. The molecule has 0 amide bonds. The van der Waals surface area contributed by atoms with Crippen molar-refractivity contribution < 1.29 is 9.84 Å². The summed E-state index contributed by atoms with van der Waals surface area (Å²) < 4.78 is 5.76. The number of hydrogen-bond acceptors (Lipinski definition) is 3. The van der Waals surface area contributed by atoms with Crippen LogP contribution in [0.1, 0.15) is 27.2 Å². The van der Waals surface area contributed by atoms with Crippen molar-refractivity contribution in [2.75, 3.05) is 13.6 Å². The van der Waals surface area contributed by atoms with Crippen LogP contribution in [0, 0.1) is 11.8 Å². The van der Waals surface area contributed by atoms with Crippen LogP contribution in [0.2, 0.25) is 0 Å². The Labute approximate surface area is 86.8 Å². The van der Waals surface area contributed by atoms with Gasteiger partial charge in [0.25, 0.3) is 0 Å². The molecule has 1 unspecified atom stereocenters. The molecule has 14 heavy (non-hydrogen) atoms. The third-order valence-electron chi connectivity index (χ3n) is 3.10. The lowest BCUT2D eigenvalue weighted by Crippen LogP contribution is -2.48. The van der Waals surface area contributed by atoms with Crippen LogP contribution in [0.4, 0.5) is 0 Å². The van der Waals surface area contributed by atoms with Crippen molar-refractivity contribution in [1.29, 1.82) is 0 Å². The second kappa shape index (κ2) is 5.10. The Kier molecular flexibility index (Phi) is 4.35. The normalized spacial score (nSPS) is 39.0. The molecule has 0 aromatic carbocycles. The Hall–Kier alpha value is -0.120. The van der Waals surface area contributed by atoms with Crippen molar-refractivity contribution in [3.05, 3.63) is 0 Å². The summed E-state index contributed by atoms with van der Waals surface area (Å²) in [6, 6.07) is 0. The topological polar surface area (TPSA) is 41.5 Å². The Morgan fingerprint density at radius 2 is 2.14 bits per heavy atom. The monoisotopic (exact) mass is 201 g/mol. The van der Waals surface area contributed by atoms with Crippen LogP contribution in [0.15, 0.2) is 0 Å². The van der Waals surface area contributed by atoms with E-state index in [2.05, 4.69) is 19.2 Å². The van der Waals surface area contributed by atoms with Crippen molar-refractivity contribution in [2.45, 2.75) is 45.5 Å². The zero-order valence-electron chi connectivity index (χ0n) is 9.66. The molecule has 0 saturated carbocycles. The van der Waals surface area contributed by atoms with Gasteiger partial charge in [0.15, 0.2) is 0 Å². The predicted molar refractivity (Wildman–Crippen MR) is 57.2 cm³/mol. The first-order valence-electron chi connectivity index (χ1n) is 5.54. The summed E-state index contributed by atoms with van der Waals surface area (Å²) in [6.45, 7) is 7.18. The second-order valence-corrected chi connectivity index (χ2v) is 4.67. The fourth-order valence-electron chi connectivity index (χ4n) is 2.13. The second-order valence-electron chi connectivity index (χ2n) is 4.67. The fraction of sp³-hybridized carbons (Fsp3) is 1.00. The van der Waals surface area contributed by atoms with E-state index in [0.29, 0.717) is 17.9 Å². The van der Waals surface area contributed by atoms with E-state index < -0.39 is 0 Å². The molecule has 3 heteroatoms. The van der Waals surface area contributed by atoms with Crippen molar-refractivity contribution in [3.63, 3.8) is 0 Å². The van der Waals surface area contributed by atoms with Gasteiger partial charge in [0.05, 0.1) is 18.3 Å². The van der Waals surface area contributed by atoms with E-state index in [-0.39, 0.29) is 12.2 Å². The van der Waals surface area contributed by atoms with Gasteiger partial charge in [-0.2, -0.15) is 0 Å². The molecular weight excluding hydrogens is 178 g/mol. The lowest BCUT2D eigenvalue weighted by Gasteiger charge is -2.39. The number of rotatable bonds is 3. The van der Waals surface area contributed by atoms with Crippen LogP contribution in [-0.2, 0) is 4.74 Å². The van der Waals surface area contributed by atoms with Crippen molar-refractivity contribution in [2.24, 2.45) is 11.8 Å². The minimum Gasteiger partial charge on any atom is -0.390 e. The maximum absolute atomic E-state index is 9.90. The molecule has 1 aliphatic rings. The number of hydrogen-bond donors (Lipinski definition) is 2. The number of ether oxygens (including phenoxy) is 1. The van der Waals surface area contributed by atoms with Gasteiger partial charge in [0.2, 0.25) is 0 Å². The fourth-order valence-corrected chi connectivity index (χ4v) is 2.13. The summed E-state index contributed by atoms with van der Waals surface area (Å²) in [5.74, 6) is 0.862. The molecule has 2 N–H and O–H groups in total. The molecule has 1 saturated heterocycles. The highest BCUT2D eigenvalue weighted by molar-refractivity contribution is 4.85. The lowest BCUT2D eigenvalue weighted by atomic mass is 9.85. The van der Waals surface area contributed by atoms with Gasteiger partial charge in [-0.25, -0.2) is 0 Å². The highest BCUT2D eigenvalue weighted by Gasteiger charge is 2.35. The summed E-state index contributed by atoms with van der Waals surface area (Å²) in [4.78, 5) is 0. The molecule has 4 atom stereocenters. The predicted octanol–water partition coefficient (Wildman–Crippen LogP) is 1.02. The van der Waals surface area contributed by atoms with E-state index in [1.165, 1.54) is 0 Å². The largest absolute Gasteiger partial charge is 0.390 e. The highest BCUT2D eigenvalue weighted by Crippen LogP contribution is 2.28. The molecule has 1 rings (SSSR count). The summed E-state index contributed by atoms with van der Waals surface area (Å²) in [7, 11) is 1.93. The van der Waals surface area contributed by atoms with Gasteiger partial charge in [0, 0.05) is 12.5 Å². The standard InChI is InChI=1S/C11H23NO2/c1-7(2)10-5-9(6-12-4)11(13)8(3)14-10/h7-13H,5-6H2,1-4H3/t8-,9+,10?,11-/m1/s1. The van der Waals surface area contributed by atoms with E-state index in [1.807, 2.05) is 14.0 Å². The summed E-state index contributed by atoms with van der Waals surface area (Å²) >= 11 is 0. The lowest BCUT2D eigenvalue weighted by molar-refractivity contribution is -0.148. The van der Waals surface area contributed by atoms with Crippen LogP contribution in [0.5, 0.6) is 0 Å². The van der Waals surface area contributed by atoms with Gasteiger partial charge in [-0.1, -0.05) is 13.8 Å². The molecule has 0 aliphatic carbocycles. The first-order valence-corrected chi connectivity index (χ1v) is 5.54. The molecule has 0 spiro atoms. The Balaban J connectivity index is 2.56. The van der Waals surface area contributed by atoms with Crippen LogP contribution >= 0.6 is 0 Å². The Bertz CT molecular complexity index is 173. The van der Waals surface area contributed by atoms with E-state index in [4.69, 9.17) is 4.74 Å². The molecule has 84 valence electrons. The molecule has 0 bridgehead atoms. The maximum Gasteiger partial charge on any atom is 0.0840 e. The Morgan fingerprint density at radius 1 is 1.50 bits per heavy atom. The van der Waals surface area contributed by atoms with E-state index in [1.54, 1.807) is 0 Å². The van der Waals surface area contributed by atoms with Gasteiger partial charge in [-0.05, 0) is 26.3 Å². The average molecular weight is 201 g/mol. The van der Waals surface area contributed by atoms with Gasteiger partial charge < -0.3 is 15.2 Å². The number of aliphatic hydroxyl groups is 1. The molecular formula is C11H23NO2. The van der Waals surface area contributed by atoms with Gasteiger partial charge >= 0.3 is 0 Å². The van der Waals surface area contributed by atoms with Crippen LogP contribution < -0.4 is 5.32 Å². The third kappa shape index (κ3) is 2.69. The zero-order valence-corrected chi connectivity index (χ0v) is 9.66. The number of nitrogens with one attached hydrogen (secondary N) is 1. The molecule has 3 nitrogen and oxygen atoms in total.